The predicted octanol–water partition coefficient (Wildman–Crippen LogP) is 3.60. The van der Waals surface area contributed by atoms with Crippen LogP contribution in [0.3, 0.4) is 0 Å². The minimum absolute atomic E-state index is 0.131. The normalized spacial score (nSPS) is 16.4. The third-order valence-electron chi connectivity index (χ3n) is 3.81. The number of hydrogen-bond acceptors (Lipinski definition) is 3. The van der Waals surface area contributed by atoms with Crippen LogP contribution in [-0.2, 0) is 11.3 Å². The molecule has 1 aliphatic heterocycles. The highest BCUT2D eigenvalue weighted by Gasteiger charge is 2.25. The van der Waals surface area contributed by atoms with Gasteiger partial charge in [-0.25, -0.2) is 0 Å². The summed E-state index contributed by atoms with van der Waals surface area (Å²) in [7, 11) is 1.81. The molecule has 0 aliphatic carbocycles. The highest BCUT2D eigenvalue weighted by atomic mass is 79.9. The second kappa shape index (κ2) is 5.93. The molecule has 5 heteroatoms. The van der Waals surface area contributed by atoms with Crippen molar-refractivity contribution in [3.05, 3.63) is 52.4 Å². The summed E-state index contributed by atoms with van der Waals surface area (Å²) in [5.41, 5.74) is 2.38. The number of fused-ring (bicyclic) bond motifs is 1. The van der Waals surface area contributed by atoms with E-state index in [9.17, 15) is 4.79 Å². The lowest BCUT2D eigenvalue weighted by Gasteiger charge is -2.18. The van der Waals surface area contributed by atoms with Crippen molar-refractivity contribution < 1.29 is 9.21 Å². The standard InChI is InChI=1S/C16H17BrN2O2/c1-19(10-12-6-7-15(17)21-12)16(20)8-11-9-18-14-5-3-2-4-13(11)14/h2-7,11,18H,8-10H2,1H3. The van der Waals surface area contributed by atoms with Gasteiger partial charge in [0.1, 0.15) is 5.76 Å². The summed E-state index contributed by atoms with van der Waals surface area (Å²) in [6.07, 6.45) is 0.516. The van der Waals surface area contributed by atoms with Gasteiger partial charge in [0, 0.05) is 31.6 Å². The van der Waals surface area contributed by atoms with Crippen LogP contribution < -0.4 is 5.32 Å². The van der Waals surface area contributed by atoms with Gasteiger partial charge in [-0.15, -0.1) is 0 Å². The number of anilines is 1. The van der Waals surface area contributed by atoms with Gasteiger partial charge in [-0.05, 0) is 39.7 Å². The molecular formula is C16H17BrN2O2. The third kappa shape index (κ3) is 3.13. The molecule has 0 spiro atoms. The average molecular weight is 349 g/mol. The van der Waals surface area contributed by atoms with Crippen LogP contribution in [0.2, 0.25) is 0 Å². The fourth-order valence-electron chi connectivity index (χ4n) is 2.66. The van der Waals surface area contributed by atoms with Gasteiger partial charge in [0.2, 0.25) is 5.91 Å². The SMILES string of the molecule is CN(Cc1ccc(Br)o1)C(=O)CC1CNc2ccccc21. The molecule has 2 aromatic rings. The van der Waals surface area contributed by atoms with Crippen molar-refractivity contribution in [1.82, 2.24) is 4.90 Å². The van der Waals surface area contributed by atoms with Gasteiger partial charge in [-0.2, -0.15) is 0 Å². The van der Waals surface area contributed by atoms with Gasteiger partial charge >= 0.3 is 0 Å². The highest BCUT2D eigenvalue weighted by Crippen LogP contribution is 2.33. The van der Waals surface area contributed by atoms with Gasteiger partial charge in [0.05, 0.1) is 6.54 Å². The summed E-state index contributed by atoms with van der Waals surface area (Å²) < 4.78 is 6.13. The maximum absolute atomic E-state index is 12.4. The molecule has 3 rings (SSSR count). The van der Waals surface area contributed by atoms with Gasteiger partial charge in [0.15, 0.2) is 4.67 Å². The maximum atomic E-state index is 12.4. The fourth-order valence-corrected chi connectivity index (χ4v) is 3.00. The van der Waals surface area contributed by atoms with Gasteiger partial charge in [-0.1, -0.05) is 18.2 Å². The summed E-state index contributed by atoms with van der Waals surface area (Å²) >= 11 is 3.27. The molecule has 1 amide bonds. The van der Waals surface area contributed by atoms with Crippen molar-refractivity contribution in [3.63, 3.8) is 0 Å². The minimum Gasteiger partial charge on any atom is -0.452 e. The van der Waals surface area contributed by atoms with Crippen LogP contribution in [0.25, 0.3) is 0 Å². The van der Waals surface area contributed by atoms with E-state index < -0.39 is 0 Å². The molecule has 1 aromatic heterocycles. The summed E-state index contributed by atoms with van der Waals surface area (Å²) in [6.45, 7) is 1.32. The van der Waals surface area contributed by atoms with Crippen molar-refractivity contribution in [3.8, 4) is 0 Å². The molecule has 1 N–H and O–H groups in total. The Morgan fingerprint density at radius 1 is 1.38 bits per heavy atom. The molecule has 0 saturated heterocycles. The first-order valence-corrected chi connectivity index (χ1v) is 7.74. The first-order valence-electron chi connectivity index (χ1n) is 6.94. The van der Waals surface area contributed by atoms with Crippen LogP contribution in [-0.4, -0.2) is 24.4 Å². The number of carbonyl (C=O) groups excluding carboxylic acids is 1. The third-order valence-corrected chi connectivity index (χ3v) is 4.23. The first-order chi connectivity index (χ1) is 10.1. The zero-order valence-electron chi connectivity index (χ0n) is 11.8. The molecule has 0 saturated carbocycles. The number of para-hydroxylation sites is 1. The van der Waals surface area contributed by atoms with Crippen LogP contribution in [0.4, 0.5) is 5.69 Å². The van der Waals surface area contributed by atoms with Crippen molar-refractivity contribution in [2.75, 3.05) is 18.9 Å². The summed E-state index contributed by atoms with van der Waals surface area (Å²) in [6, 6.07) is 11.9. The quantitative estimate of drug-likeness (QED) is 0.917. The lowest BCUT2D eigenvalue weighted by Crippen LogP contribution is -2.27. The molecule has 1 aliphatic rings. The van der Waals surface area contributed by atoms with E-state index in [1.165, 1.54) is 5.56 Å². The van der Waals surface area contributed by atoms with E-state index in [1.54, 1.807) is 4.90 Å². The Morgan fingerprint density at radius 2 is 2.19 bits per heavy atom. The minimum atomic E-state index is 0.131. The van der Waals surface area contributed by atoms with Crippen molar-refractivity contribution in [2.24, 2.45) is 0 Å². The van der Waals surface area contributed by atoms with Gasteiger partial charge in [-0.3, -0.25) is 4.79 Å². The monoisotopic (exact) mass is 348 g/mol. The topological polar surface area (TPSA) is 45.5 Å². The number of carbonyl (C=O) groups is 1. The van der Waals surface area contributed by atoms with Gasteiger partial charge in [0.25, 0.3) is 0 Å². The lowest BCUT2D eigenvalue weighted by molar-refractivity contribution is -0.131. The smallest absolute Gasteiger partial charge is 0.223 e. The predicted molar refractivity (Wildman–Crippen MR) is 85.2 cm³/mol. The Hall–Kier alpha value is -1.75. The second-order valence-corrected chi connectivity index (χ2v) is 6.11. The maximum Gasteiger partial charge on any atom is 0.223 e. The molecule has 0 fully saturated rings. The average Bonchev–Trinajstić information content (AvgIpc) is 3.06. The van der Waals surface area contributed by atoms with Gasteiger partial charge < -0.3 is 14.6 Å². The molecule has 0 bridgehead atoms. The highest BCUT2D eigenvalue weighted by molar-refractivity contribution is 9.10. The Labute approximate surface area is 132 Å². The van der Waals surface area contributed by atoms with E-state index in [0.717, 1.165) is 18.0 Å². The summed E-state index contributed by atoms with van der Waals surface area (Å²) in [5.74, 6) is 1.16. The fraction of sp³-hybridized carbons (Fsp3) is 0.312. The Morgan fingerprint density at radius 3 is 2.95 bits per heavy atom. The number of nitrogens with zero attached hydrogens (tertiary/aromatic N) is 1. The zero-order chi connectivity index (χ0) is 14.8. The molecule has 1 unspecified atom stereocenters. The molecule has 1 atom stereocenters. The molecule has 4 nitrogen and oxygen atoms in total. The molecule has 1 aromatic carbocycles. The number of halogens is 1. The van der Waals surface area contributed by atoms with Crippen LogP contribution >= 0.6 is 15.9 Å². The van der Waals surface area contributed by atoms with E-state index in [0.29, 0.717) is 17.6 Å². The number of hydrogen-bond donors (Lipinski definition) is 1. The number of amides is 1. The number of rotatable bonds is 4. The van der Waals surface area contributed by atoms with E-state index in [-0.39, 0.29) is 11.8 Å². The van der Waals surface area contributed by atoms with E-state index in [2.05, 4.69) is 33.4 Å². The van der Waals surface area contributed by atoms with Crippen LogP contribution in [0, 0.1) is 0 Å². The summed E-state index contributed by atoms with van der Waals surface area (Å²) in [4.78, 5) is 14.1. The first kappa shape index (κ1) is 14.2. The molecular weight excluding hydrogens is 332 g/mol. The molecule has 0 radical (unpaired) electrons. The Balaban J connectivity index is 1.62. The second-order valence-electron chi connectivity index (χ2n) is 5.32. The summed E-state index contributed by atoms with van der Waals surface area (Å²) in [5, 5.41) is 3.35. The number of benzene rings is 1. The van der Waals surface area contributed by atoms with Crippen LogP contribution in [0.1, 0.15) is 23.7 Å². The van der Waals surface area contributed by atoms with Crippen molar-refractivity contribution in [2.45, 2.75) is 18.9 Å². The van der Waals surface area contributed by atoms with Crippen LogP contribution in [0.5, 0.6) is 0 Å². The largest absolute Gasteiger partial charge is 0.452 e. The number of furan rings is 1. The van der Waals surface area contributed by atoms with E-state index in [4.69, 9.17) is 4.42 Å². The van der Waals surface area contributed by atoms with Crippen molar-refractivity contribution >= 4 is 27.5 Å². The van der Waals surface area contributed by atoms with Crippen LogP contribution in [0.15, 0.2) is 45.5 Å². The zero-order valence-corrected chi connectivity index (χ0v) is 13.4. The molecule has 21 heavy (non-hydrogen) atoms. The molecule has 2 heterocycles. The lowest BCUT2D eigenvalue weighted by atomic mass is 9.97. The van der Waals surface area contributed by atoms with Crippen molar-refractivity contribution in [1.29, 1.82) is 0 Å². The van der Waals surface area contributed by atoms with E-state index in [1.807, 2.05) is 31.3 Å². The number of nitrogens with one attached hydrogen (secondary N) is 1. The Kier molecular flexibility index (Phi) is 4.01. The molecule has 110 valence electrons. The Bertz CT molecular complexity index is 653. The van der Waals surface area contributed by atoms with E-state index >= 15 is 0 Å².